The molecule has 0 spiro atoms. The lowest BCUT2D eigenvalue weighted by molar-refractivity contribution is 0.0419. The maximum Gasteiger partial charge on any atom is 0.320 e. The zero-order valence-corrected chi connectivity index (χ0v) is 17.2. The third-order valence-electron chi connectivity index (χ3n) is 5.20. The smallest absolute Gasteiger partial charge is 0.320 e. The van der Waals surface area contributed by atoms with Crippen molar-refractivity contribution in [2.24, 2.45) is 0 Å². The summed E-state index contributed by atoms with van der Waals surface area (Å²) in [6, 6.07) is 18.1. The Hall–Kier alpha value is -2.63. The van der Waals surface area contributed by atoms with Gasteiger partial charge < -0.3 is 14.5 Å². The van der Waals surface area contributed by atoms with Gasteiger partial charge in [-0.25, -0.2) is 9.78 Å². The van der Waals surface area contributed by atoms with E-state index in [1.807, 2.05) is 71.3 Å². The van der Waals surface area contributed by atoms with Crippen LogP contribution in [-0.4, -0.2) is 47.1 Å². The van der Waals surface area contributed by atoms with E-state index in [4.69, 9.17) is 16.3 Å². The van der Waals surface area contributed by atoms with Gasteiger partial charge in [0.2, 0.25) is 0 Å². The minimum Gasteiger partial charge on any atom is -0.378 e. The van der Waals surface area contributed by atoms with Crippen molar-refractivity contribution in [1.82, 2.24) is 14.8 Å². The number of benzene rings is 2. The van der Waals surface area contributed by atoms with Crippen LogP contribution in [0.25, 0.3) is 10.9 Å². The van der Waals surface area contributed by atoms with Crippen molar-refractivity contribution in [2.45, 2.75) is 20.0 Å². The zero-order chi connectivity index (χ0) is 20.2. The Bertz CT molecular complexity index is 1000. The fourth-order valence-electron chi connectivity index (χ4n) is 3.63. The van der Waals surface area contributed by atoms with Gasteiger partial charge >= 0.3 is 6.03 Å². The van der Waals surface area contributed by atoms with E-state index < -0.39 is 0 Å². The second-order valence-corrected chi connectivity index (χ2v) is 7.67. The predicted molar refractivity (Wildman–Crippen MR) is 115 cm³/mol. The van der Waals surface area contributed by atoms with Gasteiger partial charge in [-0.3, -0.25) is 0 Å². The predicted octanol–water partition coefficient (Wildman–Crippen LogP) is 4.65. The molecule has 0 N–H and O–H groups in total. The van der Waals surface area contributed by atoms with Gasteiger partial charge in [0.1, 0.15) is 5.15 Å². The Morgan fingerprint density at radius 3 is 2.62 bits per heavy atom. The van der Waals surface area contributed by atoms with Crippen LogP contribution in [0.2, 0.25) is 5.15 Å². The lowest BCUT2D eigenvalue weighted by Gasteiger charge is -2.33. The van der Waals surface area contributed by atoms with Crippen LogP contribution < -0.4 is 0 Å². The maximum atomic E-state index is 13.3. The van der Waals surface area contributed by atoms with E-state index in [9.17, 15) is 4.79 Å². The number of aryl methyl sites for hydroxylation is 1. The highest BCUT2D eigenvalue weighted by Gasteiger charge is 2.24. The number of fused-ring (bicyclic) bond motifs is 1. The van der Waals surface area contributed by atoms with Crippen molar-refractivity contribution in [3.8, 4) is 0 Å². The number of amides is 2. The Labute approximate surface area is 175 Å². The summed E-state index contributed by atoms with van der Waals surface area (Å²) in [6.45, 7) is 5.29. The molecule has 0 atom stereocenters. The number of aromatic nitrogens is 1. The van der Waals surface area contributed by atoms with Crippen LogP contribution in [0.3, 0.4) is 0 Å². The van der Waals surface area contributed by atoms with E-state index in [2.05, 4.69) is 4.98 Å². The molecule has 1 aromatic heterocycles. The summed E-state index contributed by atoms with van der Waals surface area (Å²) in [6.07, 6.45) is 0. The number of carbonyl (C=O) groups is 1. The molecule has 1 aliphatic heterocycles. The zero-order valence-electron chi connectivity index (χ0n) is 16.5. The number of pyridine rings is 1. The summed E-state index contributed by atoms with van der Waals surface area (Å²) >= 11 is 6.53. The van der Waals surface area contributed by atoms with Gasteiger partial charge in [-0.15, -0.1) is 0 Å². The SMILES string of the molecule is Cc1cccc2cc(CN(Cc3ccccc3)C(=O)N3CCOCC3)c(Cl)nc12. The van der Waals surface area contributed by atoms with Gasteiger partial charge in [-0.1, -0.05) is 60.1 Å². The molecule has 1 aliphatic rings. The van der Waals surface area contributed by atoms with Gasteiger partial charge in [0.25, 0.3) is 0 Å². The van der Waals surface area contributed by atoms with Crippen LogP contribution in [-0.2, 0) is 17.8 Å². The number of morpholine rings is 1. The number of nitrogens with zero attached hydrogens (tertiary/aromatic N) is 3. The number of urea groups is 1. The fourth-order valence-corrected chi connectivity index (χ4v) is 3.83. The molecule has 2 heterocycles. The number of hydrogen-bond donors (Lipinski definition) is 0. The average molecular weight is 410 g/mol. The molecule has 6 heteroatoms. The van der Waals surface area contributed by atoms with E-state index in [0.717, 1.165) is 27.6 Å². The second-order valence-electron chi connectivity index (χ2n) is 7.31. The van der Waals surface area contributed by atoms with E-state index >= 15 is 0 Å². The van der Waals surface area contributed by atoms with Gasteiger partial charge in [-0.05, 0) is 24.1 Å². The van der Waals surface area contributed by atoms with Crippen LogP contribution in [0.15, 0.2) is 54.6 Å². The minimum absolute atomic E-state index is 0.00226. The fraction of sp³-hybridized carbons (Fsp3) is 0.304. The number of para-hydroxylation sites is 1. The van der Waals surface area contributed by atoms with Crippen molar-refractivity contribution < 1.29 is 9.53 Å². The van der Waals surface area contributed by atoms with E-state index in [0.29, 0.717) is 44.5 Å². The third kappa shape index (κ3) is 4.52. The largest absolute Gasteiger partial charge is 0.378 e. The summed E-state index contributed by atoms with van der Waals surface area (Å²) in [5.74, 6) is 0. The molecule has 2 amide bonds. The van der Waals surface area contributed by atoms with Crippen LogP contribution in [0.1, 0.15) is 16.7 Å². The first-order chi connectivity index (χ1) is 14.1. The van der Waals surface area contributed by atoms with Crippen LogP contribution >= 0.6 is 11.6 Å². The molecule has 29 heavy (non-hydrogen) atoms. The summed E-state index contributed by atoms with van der Waals surface area (Å²) in [4.78, 5) is 21.6. The van der Waals surface area contributed by atoms with Crippen LogP contribution in [0, 0.1) is 6.92 Å². The molecule has 0 bridgehead atoms. The van der Waals surface area contributed by atoms with Crippen molar-refractivity contribution in [3.05, 3.63) is 76.4 Å². The van der Waals surface area contributed by atoms with Gasteiger partial charge in [0.05, 0.1) is 25.3 Å². The van der Waals surface area contributed by atoms with Crippen LogP contribution in [0.4, 0.5) is 4.79 Å². The highest BCUT2D eigenvalue weighted by Crippen LogP contribution is 2.25. The topological polar surface area (TPSA) is 45.7 Å². The van der Waals surface area contributed by atoms with Crippen LogP contribution in [0.5, 0.6) is 0 Å². The number of hydrogen-bond acceptors (Lipinski definition) is 3. The first-order valence-corrected chi connectivity index (χ1v) is 10.2. The quantitative estimate of drug-likeness (QED) is 0.589. The first-order valence-electron chi connectivity index (χ1n) is 9.82. The molecule has 150 valence electrons. The number of carbonyl (C=O) groups excluding carboxylic acids is 1. The Balaban J connectivity index is 1.64. The maximum absolute atomic E-state index is 13.3. The molecule has 5 nitrogen and oxygen atoms in total. The molecular weight excluding hydrogens is 386 g/mol. The molecular formula is C23H24ClN3O2. The molecule has 4 rings (SSSR count). The number of halogens is 1. The van der Waals surface area contributed by atoms with Crippen molar-refractivity contribution in [3.63, 3.8) is 0 Å². The number of rotatable bonds is 4. The molecule has 0 aliphatic carbocycles. The average Bonchev–Trinajstić information content (AvgIpc) is 2.75. The second kappa shape index (κ2) is 8.80. The third-order valence-corrected chi connectivity index (χ3v) is 5.53. The van der Waals surface area contributed by atoms with Crippen molar-refractivity contribution in [2.75, 3.05) is 26.3 Å². The Morgan fingerprint density at radius 2 is 1.86 bits per heavy atom. The summed E-state index contributed by atoms with van der Waals surface area (Å²) in [5, 5.41) is 1.47. The van der Waals surface area contributed by atoms with Crippen molar-refractivity contribution >= 4 is 28.5 Å². The summed E-state index contributed by atoms with van der Waals surface area (Å²) in [7, 11) is 0. The monoisotopic (exact) mass is 409 g/mol. The standard InChI is InChI=1S/C23H24ClN3O2/c1-17-6-5-9-19-14-20(22(24)25-21(17)19)16-27(15-18-7-3-2-4-8-18)23(28)26-10-12-29-13-11-26/h2-9,14H,10-13,15-16H2,1H3. The number of ether oxygens (including phenoxy) is 1. The highest BCUT2D eigenvalue weighted by molar-refractivity contribution is 6.30. The molecule has 0 unspecified atom stereocenters. The van der Waals surface area contributed by atoms with E-state index in [-0.39, 0.29) is 6.03 Å². The normalized spacial score (nSPS) is 14.2. The van der Waals surface area contributed by atoms with Crippen molar-refractivity contribution in [1.29, 1.82) is 0 Å². The molecule has 1 fully saturated rings. The molecule has 0 saturated carbocycles. The highest BCUT2D eigenvalue weighted by atomic mass is 35.5. The minimum atomic E-state index is -0.00226. The first kappa shape index (κ1) is 19.7. The van der Waals surface area contributed by atoms with Gasteiger partial charge in [-0.2, -0.15) is 0 Å². The van der Waals surface area contributed by atoms with Gasteiger partial charge in [0.15, 0.2) is 0 Å². The summed E-state index contributed by atoms with van der Waals surface area (Å²) < 4.78 is 5.40. The van der Waals surface area contributed by atoms with E-state index in [1.54, 1.807) is 0 Å². The Kier molecular flexibility index (Phi) is 5.97. The Morgan fingerprint density at radius 1 is 1.10 bits per heavy atom. The lowest BCUT2D eigenvalue weighted by atomic mass is 10.1. The molecule has 2 aromatic carbocycles. The van der Waals surface area contributed by atoms with Gasteiger partial charge in [0, 0.05) is 30.6 Å². The molecule has 3 aromatic rings. The molecule has 1 saturated heterocycles. The lowest BCUT2D eigenvalue weighted by Crippen LogP contribution is -2.47. The van der Waals surface area contributed by atoms with E-state index in [1.165, 1.54) is 0 Å². The summed E-state index contributed by atoms with van der Waals surface area (Å²) in [5.41, 5.74) is 3.91. The molecule has 0 radical (unpaired) electrons.